The molecule has 0 aliphatic carbocycles. The molecule has 1 fully saturated rings. The third kappa shape index (κ3) is 3.37. The molecule has 1 aliphatic heterocycles. The van der Waals surface area contributed by atoms with Gasteiger partial charge in [0.05, 0.1) is 6.20 Å². The number of nitrogens with one attached hydrogen (secondary N) is 1. The van der Waals surface area contributed by atoms with Gasteiger partial charge in [0.1, 0.15) is 12.4 Å². The lowest BCUT2D eigenvalue weighted by Crippen LogP contribution is -2.46. The number of pyridine rings is 1. The van der Waals surface area contributed by atoms with E-state index in [1.54, 1.807) is 12.4 Å². The van der Waals surface area contributed by atoms with Gasteiger partial charge in [-0.1, -0.05) is 30.0 Å². The fourth-order valence-electron chi connectivity index (χ4n) is 1.92. The van der Waals surface area contributed by atoms with Crippen molar-refractivity contribution in [3.05, 3.63) is 59.9 Å². The van der Waals surface area contributed by atoms with Crippen molar-refractivity contribution in [1.82, 2.24) is 10.3 Å². The van der Waals surface area contributed by atoms with Crippen LogP contribution in [0.3, 0.4) is 0 Å². The van der Waals surface area contributed by atoms with Crippen molar-refractivity contribution in [3.63, 3.8) is 0 Å². The second kappa shape index (κ2) is 6.23. The van der Waals surface area contributed by atoms with Crippen LogP contribution in [0.2, 0.25) is 0 Å². The van der Waals surface area contributed by atoms with E-state index in [1.807, 2.05) is 36.4 Å². The van der Waals surface area contributed by atoms with Gasteiger partial charge in [-0.15, -0.1) is 0 Å². The zero-order valence-electron chi connectivity index (χ0n) is 11.2. The maximum absolute atomic E-state index is 5.71. The molecule has 2 aromatic rings. The summed E-state index contributed by atoms with van der Waals surface area (Å²) in [6, 6.07) is 12.3. The molecule has 3 nitrogen and oxygen atoms in total. The number of aromatic nitrogens is 1. The van der Waals surface area contributed by atoms with Crippen molar-refractivity contribution >= 4 is 0 Å². The summed E-state index contributed by atoms with van der Waals surface area (Å²) in [5, 5.41) is 3.30. The number of hydrogen-bond acceptors (Lipinski definition) is 3. The third-order valence-corrected chi connectivity index (χ3v) is 3.22. The second-order valence-electron chi connectivity index (χ2n) is 4.78. The number of hydrogen-bond donors (Lipinski definition) is 1. The number of benzene rings is 1. The highest BCUT2D eigenvalue weighted by molar-refractivity contribution is 5.43. The van der Waals surface area contributed by atoms with Crippen molar-refractivity contribution in [2.75, 3.05) is 13.2 Å². The smallest absolute Gasteiger partial charge is 0.138 e. The van der Waals surface area contributed by atoms with E-state index in [0.717, 1.165) is 23.4 Å². The highest BCUT2D eigenvalue weighted by atomic mass is 16.5. The van der Waals surface area contributed by atoms with Gasteiger partial charge in [0, 0.05) is 23.4 Å². The molecule has 3 heteroatoms. The van der Waals surface area contributed by atoms with E-state index in [2.05, 4.69) is 22.1 Å². The lowest BCUT2D eigenvalue weighted by atomic mass is 10.1. The van der Waals surface area contributed by atoms with E-state index in [1.165, 1.54) is 6.42 Å². The first kappa shape index (κ1) is 12.7. The van der Waals surface area contributed by atoms with E-state index in [9.17, 15) is 0 Å². The molecule has 1 N–H and O–H groups in total. The van der Waals surface area contributed by atoms with Crippen molar-refractivity contribution in [3.8, 4) is 17.6 Å². The van der Waals surface area contributed by atoms with Crippen molar-refractivity contribution in [2.45, 2.75) is 12.5 Å². The van der Waals surface area contributed by atoms with E-state index in [-0.39, 0.29) is 0 Å². The summed E-state index contributed by atoms with van der Waals surface area (Å²) in [7, 11) is 0. The predicted molar refractivity (Wildman–Crippen MR) is 78.6 cm³/mol. The van der Waals surface area contributed by atoms with Crippen LogP contribution in [0.25, 0.3) is 0 Å². The lowest BCUT2D eigenvalue weighted by Gasteiger charge is -2.27. The van der Waals surface area contributed by atoms with Gasteiger partial charge in [0.15, 0.2) is 0 Å². The van der Waals surface area contributed by atoms with Crippen LogP contribution in [0.4, 0.5) is 0 Å². The third-order valence-electron chi connectivity index (χ3n) is 3.22. The van der Waals surface area contributed by atoms with Gasteiger partial charge < -0.3 is 10.1 Å². The fraction of sp³-hybridized carbons (Fsp3) is 0.235. The van der Waals surface area contributed by atoms with Crippen LogP contribution in [0.1, 0.15) is 17.5 Å². The Hall–Kier alpha value is -2.31. The molecule has 0 radical (unpaired) electrons. The molecule has 1 aromatic carbocycles. The summed E-state index contributed by atoms with van der Waals surface area (Å²) in [4.78, 5) is 4.17. The van der Waals surface area contributed by atoms with Crippen molar-refractivity contribution < 1.29 is 4.74 Å². The largest absolute Gasteiger partial charge is 0.490 e. The normalized spacial score (nSPS) is 16.7. The topological polar surface area (TPSA) is 34.1 Å². The molecule has 0 saturated carbocycles. The highest BCUT2D eigenvalue weighted by Gasteiger charge is 2.16. The van der Waals surface area contributed by atoms with Gasteiger partial charge in [-0.05, 0) is 31.2 Å². The molecule has 1 saturated heterocycles. The minimum atomic E-state index is 0.481. The predicted octanol–water partition coefficient (Wildman–Crippen LogP) is 2.22. The fourth-order valence-corrected chi connectivity index (χ4v) is 1.92. The zero-order chi connectivity index (χ0) is 13.6. The van der Waals surface area contributed by atoms with Gasteiger partial charge in [-0.3, -0.25) is 4.98 Å². The summed E-state index contributed by atoms with van der Waals surface area (Å²) in [5.74, 6) is 7.00. The van der Waals surface area contributed by atoms with Crippen LogP contribution in [-0.2, 0) is 0 Å². The Bertz CT molecular complexity index is 624. The zero-order valence-corrected chi connectivity index (χ0v) is 11.2. The van der Waals surface area contributed by atoms with Gasteiger partial charge in [0.25, 0.3) is 0 Å². The van der Waals surface area contributed by atoms with Crippen molar-refractivity contribution in [2.24, 2.45) is 0 Å². The maximum atomic E-state index is 5.71. The second-order valence-corrected chi connectivity index (χ2v) is 4.78. The minimum Gasteiger partial charge on any atom is -0.490 e. The van der Waals surface area contributed by atoms with Gasteiger partial charge in [0.2, 0.25) is 0 Å². The molecule has 1 atom stereocenters. The summed E-state index contributed by atoms with van der Waals surface area (Å²) in [6.45, 7) is 1.78. The standard InChI is InChI=1S/C17H16N2O/c1-2-4-14(5-3-1)6-7-15-10-17(12-18-11-15)20-13-16-8-9-19-16/h1-5,10-12,16,19H,8-9,13H2/t16-/m0/s1. The molecule has 0 amide bonds. The average molecular weight is 264 g/mol. The van der Waals surface area contributed by atoms with Crippen molar-refractivity contribution in [1.29, 1.82) is 0 Å². The molecule has 1 aromatic heterocycles. The van der Waals surface area contributed by atoms with Gasteiger partial charge in [-0.25, -0.2) is 0 Å². The first-order valence-electron chi connectivity index (χ1n) is 6.78. The molecular formula is C17H16N2O. The maximum Gasteiger partial charge on any atom is 0.138 e. The molecule has 1 aliphatic rings. The Morgan fingerprint density at radius 2 is 1.95 bits per heavy atom. The number of rotatable bonds is 3. The lowest BCUT2D eigenvalue weighted by molar-refractivity contribution is 0.217. The molecule has 2 heterocycles. The summed E-state index contributed by atoms with van der Waals surface area (Å²) >= 11 is 0. The number of nitrogens with zero attached hydrogens (tertiary/aromatic N) is 1. The molecule has 0 unspecified atom stereocenters. The first-order valence-corrected chi connectivity index (χ1v) is 6.78. The first-order chi connectivity index (χ1) is 9.90. The SMILES string of the molecule is C(#Cc1cncc(OC[C@@H]2CCN2)c1)c1ccccc1. The van der Waals surface area contributed by atoms with Crippen LogP contribution < -0.4 is 10.1 Å². The Morgan fingerprint density at radius 1 is 1.15 bits per heavy atom. The summed E-state index contributed by atoms with van der Waals surface area (Å²) in [5.41, 5.74) is 1.87. The van der Waals surface area contributed by atoms with Crippen LogP contribution in [0.15, 0.2) is 48.8 Å². The Morgan fingerprint density at radius 3 is 2.70 bits per heavy atom. The van der Waals surface area contributed by atoms with Crippen LogP contribution >= 0.6 is 0 Å². The monoisotopic (exact) mass is 264 g/mol. The molecule has 0 spiro atoms. The summed E-state index contributed by atoms with van der Waals surface area (Å²) < 4.78 is 5.71. The van der Waals surface area contributed by atoms with E-state index < -0.39 is 0 Å². The Kier molecular flexibility index (Phi) is 3.96. The van der Waals surface area contributed by atoms with Crippen LogP contribution in [0.5, 0.6) is 5.75 Å². The van der Waals surface area contributed by atoms with Gasteiger partial charge >= 0.3 is 0 Å². The van der Waals surface area contributed by atoms with Gasteiger partial charge in [-0.2, -0.15) is 0 Å². The summed E-state index contributed by atoms with van der Waals surface area (Å²) in [6.07, 6.45) is 4.66. The van der Waals surface area contributed by atoms with Crippen LogP contribution in [-0.4, -0.2) is 24.2 Å². The Balaban J connectivity index is 1.66. The van der Waals surface area contributed by atoms with E-state index >= 15 is 0 Å². The quantitative estimate of drug-likeness (QED) is 0.863. The average Bonchev–Trinajstić information content (AvgIpc) is 2.45. The minimum absolute atomic E-state index is 0.481. The molecule has 3 rings (SSSR count). The molecule has 0 bridgehead atoms. The number of ether oxygens (including phenoxy) is 1. The Labute approximate surface area is 119 Å². The van der Waals surface area contributed by atoms with Crippen LogP contribution in [0, 0.1) is 11.8 Å². The van der Waals surface area contributed by atoms with E-state index in [0.29, 0.717) is 12.6 Å². The molecular weight excluding hydrogens is 248 g/mol. The van der Waals surface area contributed by atoms with E-state index in [4.69, 9.17) is 4.74 Å². The molecule has 20 heavy (non-hydrogen) atoms. The molecule has 100 valence electrons. The highest BCUT2D eigenvalue weighted by Crippen LogP contribution is 2.12.